The van der Waals surface area contributed by atoms with Gasteiger partial charge in [-0.1, -0.05) is 0 Å². The lowest BCUT2D eigenvalue weighted by Gasteiger charge is -2.30. The number of methoxy groups -OCH3 is 1. The molecule has 1 aromatic heterocycles. The molecular formula is C13H21N3O2. The predicted octanol–water partition coefficient (Wildman–Crippen LogP) is 1.29. The van der Waals surface area contributed by atoms with Crippen molar-refractivity contribution in [3.8, 4) is 0 Å². The van der Waals surface area contributed by atoms with E-state index in [9.17, 15) is 4.79 Å². The SMILES string of the molecule is CCn1cc(CN2CCCC(C(=O)OC)C2)cn1. The highest BCUT2D eigenvalue weighted by molar-refractivity contribution is 5.72. The summed E-state index contributed by atoms with van der Waals surface area (Å²) in [5.41, 5.74) is 1.21. The largest absolute Gasteiger partial charge is 0.469 e. The molecule has 100 valence electrons. The first-order valence-corrected chi connectivity index (χ1v) is 6.54. The normalized spacial score (nSPS) is 20.9. The summed E-state index contributed by atoms with van der Waals surface area (Å²) in [6.07, 6.45) is 5.98. The van der Waals surface area contributed by atoms with E-state index >= 15 is 0 Å². The van der Waals surface area contributed by atoms with Crippen LogP contribution in [0.25, 0.3) is 0 Å². The summed E-state index contributed by atoms with van der Waals surface area (Å²) in [4.78, 5) is 13.9. The monoisotopic (exact) mass is 251 g/mol. The fourth-order valence-corrected chi connectivity index (χ4v) is 2.48. The Hall–Kier alpha value is -1.36. The van der Waals surface area contributed by atoms with Gasteiger partial charge in [-0.3, -0.25) is 14.4 Å². The highest BCUT2D eigenvalue weighted by Crippen LogP contribution is 2.19. The van der Waals surface area contributed by atoms with Crippen LogP contribution in [0.15, 0.2) is 12.4 Å². The van der Waals surface area contributed by atoms with Crippen molar-refractivity contribution in [1.29, 1.82) is 0 Å². The number of nitrogens with zero attached hydrogens (tertiary/aromatic N) is 3. The maximum atomic E-state index is 11.5. The number of carbonyl (C=O) groups excluding carboxylic acids is 1. The quantitative estimate of drug-likeness (QED) is 0.757. The summed E-state index contributed by atoms with van der Waals surface area (Å²) < 4.78 is 6.76. The van der Waals surface area contributed by atoms with Crippen LogP contribution in [-0.4, -0.2) is 40.8 Å². The van der Waals surface area contributed by atoms with Crippen molar-refractivity contribution in [1.82, 2.24) is 14.7 Å². The van der Waals surface area contributed by atoms with Crippen LogP contribution in [0.1, 0.15) is 25.3 Å². The van der Waals surface area contributed by atoms with Crippen molar-refractivity contribution in [2.24, 2.45) is 5.92 Å². The molecule has 5 heteroatoms. The van der Waals surface area contributed by atoms with Crippen LogP contribution in [-0.2, 0) is 22.6 Å². The third-order valence-electron chi connectivity index (χ3n) is 3.46. The van der Waals surface area contributed by atoms with Crippen LogP contribution in [0.3, 0.4) is 0 Å². The standard InChI is InChI=1S/C13H21N3O2/c1-3-16-9-11(7-14-16)8-15-6-4-5-12(10-15)13(17)18-2/h7,9,12H,3-6,8,10H2,1-2H3. The van der Waals surface area contributed by atoms with E-state index in [0.29, 0.717) is 0 Å². The Morgan fingerprint density at radius 3 is 3.11 bits per heavy atom. The van der Waals surface area contributed by atoms with Crippen LogP contribution in [0, 0.1) is 5.92 Å². The van der Waals surface area contributed by atoms with Crippen molar-refractivity contribution in [2.45, 2.75) is 32.9 Å². The molecule has 1 atom stereocenters. The first-order valence-electron chi connectivity index (χ1n) is 6.54. The number of esters is 1. The summed E-state index contributed by atoms with van der Waals surface area (Å²) in [7, 11) is 1.46. The van der Waals surface area contributed by atoms with Crippen molar-refractivity contribution in [2.75, 3.05) is 20.2 Å². The highest BCUT2D eigenvalue weighted by atomic mass is 16.5. The minimum atomic E-state index is -0.0797. The van der Waals surface area contributed by atoms with Gasteiger partial charge in [0.1, 0.15) is 0 Å². The molecule has 0 radical (unpaired) electrons. The Morgan fingerprint density at radius 1 is 1.61 bits per heavy atom. The molecule has 1 saturated heterocycles. The molecule has 1 aliphatic heterocycles. The summed E-state index contributed by atoms with van der Waals surface area (Å²) in [5.74, 6) is -0.0473. The number of ether oxygens (including phenoxy) is 1. The van der Waals surface area contributed by atoms with Crippen LogP contribution in [0.2, 0.25) is 0 Å². The van der Waals surface area contributed by atoms with E-state index in [2.05, 4.69) is 23.1 Å². The fraction of sp³-hybridized carbons (Fsp3) is 0.692. The van der Waals surface area contributed by atoms with Gasteiger partial charge in [-0.25, -0.2) is 0 Å². The molecule has 0 saturated carbocycles. The number of aryl methyl sites for hydroxylation is 1. The van der Waals surface area contributed by atoms with E-state index in [1.165, 1.54) is 12.7 Å². The number of likely N-dealkylation sites (tertiary alicyclic amines) is 1. The molecule has 2 heterocycles. The van der Waals surface area contributed by atoms with Crippen LogP contribution in [0.5, 0.6) is 0 Å². The van der Waals surface area contributed by atoms with E-state index in [4.69, 9.17) is 4.74 Å². The number of aromatic nitrogens is 2. The van der Waals surface area contributed by atoms with Crippen LogP contribution < -0.4 is 0 Å². The summed E-state index contributed by atoms with van der Waals surface area (Å²) in [6, 6.07) is 0. The molecular weight excluding hydrogens is 230 g/mol. The molecule has 0 bridgehead atoms. The Labute approximate surface area is 108 Å². The van der Waals surface area contributed by atoms with Crippen LogP contribution >= 0.6 is 0 Å². The minimum Gasteiger partial charge on any atom is -0.469 e. The lowest BCUT2D eigenvalue weighted by molar-refractivity contribution is -0.147. The van der Waals surface area contributed by atoms with Crippen LogP contribution in [0.4, 0.5) is 0 Å². The summed E-state index contributed by atoms with van der Waals surface area (Å²) in [5, 5.41) is 4.27. The zero-order chi connectivity index (χ0) is 13.0. The third-order valence-corrected chi connectivity index (χ3v) is 3.46. The summed E-state index contributed by atoms with van der Waals surface area (Å²) >= 11 is 0. The number of carbonyl (C=O) groups is 1. The van der Waals surface area contributed by atoms with Gasteiger partial charge in [0, 0.05) is 31.4 Å². The topological polar surface area (TPSA) is 47.4 Å². The summed E-state index contributed by atoms with van der Waals surface area (Å²) in [6.45, 7) is 5.68. The Balaban J connectivity index is 1.91. The number of rotatable bonds is 4. The van der Waals surface area contributed by atoms with Crippen molar-refractivity contribution >= 4 is 5.97 Å². The molecule has 1 aromatic rings. The molecule has 5 nitrogen and oxygen atoms in total. The highest BCUT2D eigenvalue weighted by Gasteiger charge is 2.26. The van der Waals surface area contributed by atoms with E-state index in [0.717, 1.165) is 39.0 Å². The van der Waals surface area contributed by atoms with Gasteiger partial charge in [0.2, 0.25) is 0 Å². The first kappa shape index (κ1) is 13.1. The smallest absolute Gasteiger partial charge is 0.309 e. The van der Waals surface area contributed by atoms with E-state index in [1.54, 1.807) is 0 Å². The molecule has 1 fully saturated rings. The van der Waals surface area contributed by atoms with E-state index < -0.39 is 0 Å². The molecule has 2 rings (SSSR count). The first-order chi connectivity index (χ1) is 8.72. The van der Waals surface area contributed by atoms with Gasteiger partial charge in [0.25, 0.3) is 0 Å². The van der Waals surface area contributed by atoms with Gasteiger partial charge in [-0.2, -0.15) is 5.10 Å². The van der Waals surface area contributed by atoms with E-state index in [-0.39, 0.29) is 11.9 Å². The molecule has 0 amide bonds. The maximum absolute atomic E-state index is 11.5. The number of hydrogen-bond donors (Lipinski definition) is 0. The van der Waals surface area contributed by atoms with Gasteiger partial charge < -0.3 is 4.74 Å². The minimum absolute atomic E-state index is 0.0324. The second kappa shape index (κ2) is 6.00. The molecule has 0 spiro atoms. The third kappa shape index (κ3) is 3.10. The van der Waals surface area contributed by atoms with Crippen molar-refractivity contribution < 1.29 is 9.53 Å². The number of hydrogen-bond acceptors (Lipinski definition) is 4. The maximum Gasteiger partial charge on any atom is 0.309 e. The number of piperidine rings is 1. The van der Waals surface area contributed by atoms with Gasteiger partial charge in [0.05, 0.1) is 19.2 Å². The zero-order valence-electron chi connectivity index (χ0n) is 11.1. The second-order valence-corrected chi connectivity index (χ2v) is 4.80. The second-order valence-electron chi connectivity index (χ2n) is 4.80. The lowest BCUT2D eigenvalue weighted by atomic mass is 9.98. The lowest BCUT2D eigenvalue weighted by Crippen LogP contribution is -2.38. The zero-order valence-corrected chi connectivity index (χ0v) is 11.1. The van der Waals surface area contributed by atoms with Crippen molar-refractivity contribution in [3.05, 3.63) is 18.0 Å². The predicted molar refractivity (Wildman–Crippen MR) is 67.9 cm³/mol. The molecule has 0 aromatic carbocycles. The van der Waals surface area contributed by atoms with E-state index in [1.807, 2.05) is 10.9 Å². The fourth-order valence-electron chi connectivity index (χ4n) is 2.48. The van der Waals surface area contributed by atoms with Gasteiger partial charge in [0.15, 0.2) is 0 Å². The average Bonchev–Trinajstić information content (AvgIpc) is 2.86. The van der Waals surface area contributed by atoms with Gasteiger partial charge >= 0.3 is 5.97 Å². The Morgan fingerprint density at radius 2 is 2.44 bits per heavy atom. The molecule has 0 N–H and O–H groups in total. The Kier molecular flexibility index (Phi) is 4.36. The Bertz CT molecular complexity index is 403. The molecule has 0 aliphatic carbocycles. The average molecular weight is 251 g/mol. The molecule has 1 aliphatic rings. The molecule has 18 heavy (non-hydrogen) atoms. The van der Waals surface area contributed by atoms with Gasteiger partial charge in [-0.05, 0) is 26.3 Å². The molecule has 1 unspecified atom stereocenters. The van der Waals surface area contributed by atoms with Crippen molar-refractivity contribution in [3.63, 3.8) is 0 Å². The van der Waals surface area contributed by atoms with Gasteiger partial charge in [-0.15, -0.1) is 0 Å².